The monoisotopic (exact) mass is 405 g/mol. The first-order valence-corrected chi connectivity index (χ1v) is 8.21. The van der Waals surface area contributed by atoms with E-state index in [1.807, 2.05) is 0 Å². The molecule has 0 aliphatic rings. The number of carbonyl (C=O) groups is 2. The molecule has 4 nitrogen and oxygen atoms in total. The lowest BCUT2D eigenvalue weighted by Crippen LogP contribution is -2.21. The van der Waals surface area contributed by atoms with Crippen LogP contribution >= 0.6 is 46.4 Å². The van der Waals surface area contributed by atoms with Crippen LogP contribution in [0.25, 0.3) is 0 Å². The summed E-state index contributed by atoms with van der Waals surface area (Å²) in [5.41, 5.74) is 0.974. The zero-order valence-corrected chi connectivity index (χ0v) is 15.1. The van der Waals surface area contributed by atoms with Crippen molar-refractivity contribution in [3.05, 3.63) is 62.1 Å². The largest absolute Gasteiger partial charge is 0.455 e. The van der Waals surface area contributed by atoms with Gasteiger partial charge in [-0.2, -0.15) is 0 Å². The third-order valence-corrected chi connectivity index (χ3v) is 4.20. The molecule has 0 heterocycles. The van der Waals surface area contributed by atoms with Gasteiger partial charge in [-0.15, -0.1) is 0 Å². The number of carbonyl (C=O) groups excluding carboxylic acids is 2. The van der Waals surface area contributed by atoms with Crippen molar-refractivity contribution < 1.29 is 14.3 Å². The quantitative estimate of drug-likeness (QED) is 0.708. The first kappa shape index (κ1) is 18.9. The van der Waals surface area contributed by atoms with E-state index in [4.69, 9.17) is 51.1 Å². The fourth-order valence-electron chi connectivity index (χ4n) is 1.79. The van der Waals surface area contributed by atoms with Gasteiger partial charge in [-0.3, -0.25) is 9.59 Å². The van der Waals surface area contributed by atoms with Crippen LogP contribution < -0.4 is 5.32 Å². The molecular weight excluding hydrogens is 396 g/mol. The van der Waals surface area contributed by atoms with E-state index in [0.29, 0.717) is 31.3 Å². The molecular formula is C16H11Cl4NO3. The normalized spacial score (nSPS) is 10.3. The number of halogens is 4. The Kier molecular flexibility index (Phi) is 6.75. The standard InChI is InChI=1S/C16H11Cl4NO3/c17-10-2-4-12(19)14(7-10)21-15(22)8-24-16(23)6-9-1-3-11(18)13(20)5-9/h1-5,7H,6,8H2,(H,21,22). The lowest BCUT2D eigenvalue weighted by atomic mass is 10.1. The van der Waals surface area contributed by atoms with Gasteiger partial charge in [-0.25, -0.2) is 0 Å². The van der Waals surface area contributed by atoms with E-state index >= 15 is 0 Å². The van der Waals surface area contributed by atoms with Crippen molar-refractivity contribution in [2.45, 2.75) is 6.42 Å². The topological polar surface area (TPSA) is 55.4 Å². The minimum atomic E-state index is -0.569. The molecule has 2 rings (SSSR count). The molecule has 0 bridgehead atoms. The Labute approximate surface area is 158 Å². The molecule has 2 aromatic rings. The first-order valence-electron chi connectivity index (χ1n) is 6.69. The van der Waals surface area contributed by atoms with E-state index in [1.54, 1.807) is 30.3 Å². The summed E-state index contributed by atoms with van der Waals surface area (Å²) >= 11 is 23.4. The van der Waals surface area contributed by atoms with E-state index in [-0.39, 0.29) is 6.42 Å². The highest BCUT2D eigenvalue weighted by Crippen LogP contribution is 2.25. The Hall–Kier alpha value is -1.46. The van der Waals surface area contributed by atoms with E-state index in [0.717, 1.165) is 0 Å². The van der Waals surface area contributed by atoms with Crippen molar-refractivity contribution in [3.63, 3.8) is 0 Å². The smallest absolute Gasteiger partial charge is 0.310 e. The van der Waals surface area contributed by atoms with E-state index in [1.165, 1.54) is 6.07 Å². The van der Waals surface area contributed by atoms with Gasteiger partial charge in [0.05, 0.1) is 27.2 Å². The second-order valence-corrected chi connectivity index (χ2v) is 6.42. The molecule has 0 spiro atoms. The van der Waals surface area contributed by atoms with E-state index < -0.39 is 18.5 Å². The van der Waals surface area contributed by atoms with Crippen LogP contribution in [0.15, 0.2) is 36.4 Å². The van der Waals surface area contributed by atoms with Crippen LogP contribution in [0.4, 0.5) is 5.69 Å². The Morgan fingerprint density at radius 3 is 2.33 bits per heavy atom. The lowest BCUT2D eigenvalue weighted by molar-refractivity contribution is -0.146. The maximum atomic E-state index is 11.8. The van der Waals surface area contributed by atoms with Crippen molar-refractivity contribution in [1.29, 1.82) is 0 Å². The number of hydrogen-bond donors (Lipinski definition) is 1. The van der Waals surface area contributed by atoms with Crippen molar-refractivity contribution in [2.24, 2.45) is 0 Å². The lowest BCUT2D eigenvalue weighted by Gasteiger charge is -2.09. The molecule has 0 saturated carbocycles. The van der Waals surface area contributed by atoms with Gasteiger partial charge in [0.15, 0.2) is 6.61 Å². The number of ether oxygens (including phenoxy) is 1. The zero-order chi connectivity index (χ0) is 17.7. The molecule has 8 heteroatoms. The molecule has 126 valence electrons. The van der Waals surface area contributed by atoms with Gasteiger partial charge in [0, 0.05) is 5.02 Å². The van der Waals surface area contributed by atoms with Gasteiger partial charge in [-0.1, -0.05) is 52.5 Å². The van der Waals surface area contributed by atoms with Gasteiger partial charge in [0.25, 0.3) is 5.91 Å². The van der Waals surface area contributed by atoms with Gasteiger partial charge in [0.2, 0.25) is 0 Å². The van der Waals surface area contributed by atoms with E-state index in [9.17, 15) is 9.59 Å². The molecule has 1 amide bonds. The van der Waals surface area contributed by atoms with Crippen molar-refractivity contribution in [3.8, 4) is 0 Å². The van der Waals surface area contributed by atoms with Crippen molar-refractivity contribution >= 4 is 64.0 Å². The van der Waals surface area contributed by atoms with Gasteiger partial charge in [-0.05, 0) is 35.9 Å². The minimum absolute atomic E-state index is 0.0257. The summed E-state index contributed by atoms with van der Waals surface area (Å²) in [4.78, 5) is 23.6. The highest BCUT2D eigenvalue weighted by molar-refractivity contribution is 6.42. The summed E-state index contributed by atoms with van der Waals surface area (Å²) in [5, 5.41) is 4.00. The molecule has 1 N–H and O–H groups in total. The molecule has 0 unspecified atom stereocenters. The predicted octanol–water partition coefficient (Wildman–Crippen LogP) is 5.02. The maximum absolute atomic E-state index is 11.8. The summed E-state index contributed by atoms with van der Waals surface area (Å²) in [6.45, 7) is -0.441. The number of amides is 1. The van der Waals surface area contributed by atoms with Crippen LogP contribution in [-0.2, 0) is 20.7 Å². The van der Waals surface area contributed by atoms with Crippen LogP contribution in [0.1, 0.15) is 5.56 Å². The predicted molar refractivity (Wildman–Crippen MR) is 96.2 cm³/mol. The SMILES string of the molecule is O=C(COC(=O)Cc1ccc(Cl)c(Cl)c1)Nc1cc(Cl)ccc1Cl. The molecule has 2 aromatic carbocycles. The van der Waals surface area contributed by atoms with Gasteiger partial charge in [0.1, 0.15) is 0 Å². The summed E-state index contributed by atoms with van der Waals surface area (Å²) in [6, 6.07) is 9.45. The van der Waals surface area contributed by atoms with Crippen molar-refractivity contribution in [2.75, 3.05) is 11.9 Å². The number of rotatable bonds is 5. The van der Waals surface area contributed by atoms with Crippen molar-refractivity contribution in [1.82, 2.24) is 0 Å². The minimum Gasteiger partial charge on any atom is -0.455 e. The highest BCUT2D eigenvalue weighted by atomic mass is 35.5. The molecule has 0 saturated heterocycles. The Balaban J connectivity index is 1.85. The maximum Gasteiger partial charge on any atom is 0.310 e. The average molecular weight is 407 g/mol. The Morgan fingerprint density at radius 1 is 0.917 bits per heavy atom. The third-order valence-electron chi connectivity index (χ3n) is 2.90. The summed E-state index contributed by atoms with van der Waals surface area (Å²) in [7, 11) is 0. The molecule has 0 radical (unpaired) electrons. The molecule has 0 aromatic heterocycles. The van der Waals surface area contributed by atoms with Crippen LogP contribution in [0.3, 0.4) is 0 Å². The summed E-state index contributed by atoms with van der Waals surface area (Å²) in [6.07, 6.45) is -0.0257. The summed E-state index contributed by atoms with van der Waals surface area (Å²) < 4.78 is 4.92. The zero-order valence-electron chi connectivity index (χ0n) is 12.1. The highest BCUT2D eigenvalue weighted by Gasteiger charge is 2.11. The molecule has 0 fully saturated rings. The first-order chi connectivity index (χ1) is 11.3. The molecule has 0 aliphatic heterocycles. The number of esters is 1. The number of anilines is 1. The van der Waals surface area contributed by atoms with Gasteiger partial charge >= 0.3 is 5.97 Å². The fraction of sp³-hybridized carbons (Fsp3) is 0.125. The van der Waals surface area contributed by atoms with Crippen LogP contribution in [0.2, 0.25) is 20.1 Å². The number of benzene rings is 2. The number of hydrogen-bond acceptors (Lipinski definition) is 3. The Bertz CT molecular complexity index is 780. The molecule has 0 atom stereocenters. The Morgan fingerprint density at radius 2 is 1.62 bits per heavy atom. The second-order valence-electron chi connectivity index (χ2n) is 4.76. The molecule has 0 aliphatic carbocycles. The number of nitrogens with one attached hydrogen (secondary N) is 1. The molecule has 24 heavy (non-hydrogen) atoms. The van der Waals surface area contributed by atoms with E-state index in [2.05, 4.69) is 5.32 Å². The summed E-state index contributed by atoms with van der Waals surface area (Å²) in [5.74, 6) is -1.10. The van der Waals surface area contributed by atoms with Crippen LogP contribution in [-0.4, -0.2) is 18.5 Å². The van der Waals surface area contributed by atoms with Gasteiger partial charge < -0.3 is 10.1 Å². The fourth-order valence-corrected chi connectivity index (χ4v) is 2.45. The van der Waals surface area contributed by atoms with Crippen LogP contribution in [0, 0.1) is 0 Å². The van der Waals surface area contributed by atoms with Crippen LogP contribution in [0.5, 0.6) is 0 Å². The third kappa shape index (κ3) is 5.56. The second kappa shape index (κ2) is 8.58. The average Bonchev–Trinajstić information content (AvgIpc) is 2.52.